The molecule has 0 aromatic carbocycles. The van der Waals surface area contributed by atoms with Gasteiger partial charge in [-0.1, -0.05) is 0 Å². The SMILES string of the molecule is CN(Cc1cc(Br)cs1)C(=O)Nc1ccc(N2CCCC2)nc1. The molecule has 23 heavy (non-hydrogen) atoms. The zero-order valence-corrected chi connectivity index (χ0v) is 15.4. The second kappa shape index (κ2) is 7.31. The summed E-state index contributed by atoms with van der Waals surface area (Å²) in [5.74, 6) is 0.984. The van der Waals surface area contributed by atoms with Crippen LogP contribution in [0.4, 0.5) is 16.3 Å². The molecule has 1 aliphatic heterocycles. The summed E-state index contributed by atoms with van der Waals surface area (Å²) in [6, 6.07) is 5.77. The Labute approximate surface area is 148 Å². The number of urea groups is 1. The molecule has 0 bridgehead atoms. The van der Waals surface area contributed by atoms with Gasteiger partial charge in [-0.15, -0.1) is 11.3 Å². The largest absolute Gasteiger partial charge is 0.357 e. The van der Waals surface area contributed by atoms with E-state index in [4.69, 9.17) is 0 Å². The van der Waals surface area contributed by atoms with Crippen LogP contribution in [-0.4, -0.2) is 36.1 Å². The van der Waals surface area contributed by atoms with Crippen LogP contribution in [0, 0.1) is 0 Å². The molecular weight excluding hydrogens is 376 g/mol. The first kappa shape index (κ1) is 16.3. The van der Waals surface area contributed by atoms with E-state index >= 15 is 0 Å². The lowest BCUT2D eigenvalue weighted by Gasteiger charge is -2.18. The van der Waals surface area contributed by atoms with Gasteiger partial charge in [0.25, 0.3) is 0 Å². The lowest BCUT2D eigenvalue weighted by molar-refractivity contribution is 0.221. The fourth-order valence-corrected chi connectivity index (χ4v) is 4.06. The molecule has 0 radical (unpaired) electrons. The first-order valence-corrected chi connectivity index (χ1v) is 9.25. The van der Waals surface area contributed by atoms with E-state index in [0.29, 0.717) is 6.54 Å². The molecule has 2 amide bonds. The number of carbonyl (C=O) groups excluding carboxylic acids is 1. The number of carbonyl (C=O) groups is 1. The summed E-state index contributed by atoms with van der Waals surface area (Å²) in [5.41, 5.74) is 0.720. The Morgan fingerprint density at radius 2 is 2.22 bits per heavy atom. The Bertz CT molecular complexity index is 667. The molecule has 0 saturated carbocycles. The van der Waals surface area contributed by atoms with Crippen LogP contribution in [0.15, 0.2) is 34.2 Å². The van der Waals surface area contributed by atoms with E-state index in [2.05, 4.69) is 31.1 Å². The maximum Gasteiger partial charge on any atom is 0.321 e. The van der Waals surface area contributed by atoms with Gasteiger partial charge in [-0.2, -0.15) is 0 Å². The average molecular weight is 395 g/mol. The van der Waals surface area contributed by atoms with E-state index < -0.39 is 0 Å². The molecule has 0 aliphatic carbocycles. The van der Waals surface area contributed by atoms with Crippen molar-refractivity contribution in [3.05, 3.63) is 39.1 Å². The van der Waals surface area contributed by atoms with Crippen LogP contribution < -0.4 is 10.2 Å². The topological polar surface area (TPSA) is 48.5 Å². The second-order valence-corrected chi connectivity index (χ2v) is 7.53. The summed E-state index contributed by atoms with van der Waals surface area (Å²) in [4.78, 5) is 21.7. The van der Waals surface area contributed by atoms with Crippen molar-refractivity contribution in [3.63, 3.8) is 0 Å². The predicted octanol–water partition coefficient (Wildman–Crippen LogP) is 4.17. The van der Waals surface area contributed by atoms with E-state index in [1.54, 1.807) is 29.5 Å². The molecule has 2 aromatic heterocycles. The molecule has 1 saturated heterocycles. The lowest BCUT2D eigenvalue weighted by atomic mass is 10.4. The number of nitrogens with zero attached hydrogens (tertiary/aromatic N) is 3. The molecular formula is C16H19BrN4OS. The summed E-state index contributed by atoms with van der Waals surface area (Å²) in [5, 5.41) is 4.90. The van der Waals surface area contributed by atoms with Crippen molar-refractivity contribution in [2.45, 2.75) is 19.4 Å². The third kappa shape index (κ3) is 4.23. The molecule has 0 spiro atoms. The Kier molecular flexibility index (Phi) is 5.17. The second-order valence-electron chi connectivity index (χ2n) is 5.62. The molecule has 1 aliphatic rings. The van der Waals surface area contributed by atoms with Gasteiger partial charge in [-0.05, 0) is 47.0 Å². The predicted molar refractivity (Wildman–Crippen MR) is 98.2 cm³/mol. The standard InChI is InChI=1S/C16H19BrN4OS/c1-20(10-14-8-12(17)11-23-14)16(22)19-13-4-5-15(18-9-13)21-6-2-3-7-21/h4-5,8-9,11H,2-3,6-7,10H2,1H3,(H,19,22). The van der Waals surface area contributed by atoms with Gasteiger partial charge < -0.3 is 15.1 Å². The summed E-state index contributed by atoms with van der Waals surface area (Å²) in [6.07, 6.45) is 4.18. The summed E-state index contributed by atoms with van der Waals surface area (Å²) < 4.78 is 1.05. The minimum Gasteiger partial charge on any atom is -0.357 e. The number of hydrogen-bond donors (Lipinski definition) is 1. The number of amides is 2. The van der Waals surface area contributed by atoms with E-state index in [9.17, 15) is 4.79 Å². The normalized spacial score (nSPS) is 14.1. The average Bonchev–Trinajstić information content (AvgIpc) is 3.20. The Morgan fingerprint density at radius 3 is 2.83 bits per heavy atom. The maximum atomic E-state index is 12.2. The van der Waals surface area contributed by atoms with E-state index in [-0.39, 0.29) is 6.03 Å². The number of thiophene rings is 1. The van der Waals surface area contributed by atoms with Gasteiger partial charge in [0.1, 0.15) is 5.82 Å². The molecule has 3 rings (SSSR count). The van der Waals surface area contributed by atoms with Crippen LogP contribution in [0.3, 0.4) is 0 Å². The van der Waals surface area contributed by atoms with Gasteiger partial charge in [0.2, 0.25) is 0 Å². The monoisotopic (exact) mass is 394 g/mol. The maximum absolute atomic E-state index is 12.2. The van der Waals surface area contributed by atoms with E-state index in [1.807, 2.05) is 23.6 Å². The molecule has 1 N–H and O–H groups in total. The smallest absolute Gasteiger partial charge is 0.321 e. The van der Waals surface area contributed by atoms with Crippen molar-refractivity contribution in [3.8, 4) is 0 Å². The fourth-order valence-electron chi connectivity index (χ4n) is 2.55. The Hall–Kier alpha value is -1.60. The summed E-state index contributed by atoms with van der Waals surface area (Å²) in [6.45, 7) is 2.72. The van der Waals surface area contributed by atoms with Gasteiger partial charge in [0, 0.05) is 34.9 Å². The molecule has 2 aromatic rings. The highest BCUT2D eigenvalue weighted by Crippen LogP contribution is 2.22. The van der Waals surface area contributed by atoms with Crippen molar-refractivity contribution in [2.75, 3.05) is 30.4 Å². The van der Waals surface area contributed by atoms with Gasteiger partial charge in [0.15, 0.2) is 0 Å². The number of hydrogen-bond acceptors (Lipinski definition) is 4. The highest BCUT2D eigenvalue weighted by molar-refractivity contribution is 9.10. The van der Waals surface area contributed by atoms with Gasteiger partial charge in [-0.3, -0.25) is 0 Å². The van der Waals surface area contributed by atoms with Gasteiger partial charge >= 0.3 is 6.03 Å². The van der Waals surface area contributed by atoms with Crippen molar-refractivity contribution < 1.29 is 4.79 Å². The summed E-state index contributed by atoms with van der Waals surface area (Å²) in [7, 11) is 1.79. The summed E-state index contributed by atoms with van der Waals surface area (Å²) >= 11 is 5.06. The molecule has 0 unspecified atom stereocenters. The van der Waals surface area contributed by atoms with Crippen molar-refractivity contribution in [1.82, 2.24) is 9.88 Å². The molecule has 3 heterocycles. The number of pyridine rings is 1. The fraction of sp³-hybridized carbons (Fsp3) is 0.375. The highest BCUT2D eigenvalue weighted by atomic mass is 79.9. The minimum atomic E-state index is -0.134. The molecule has 1 fully saturated rings. The Morgan fingerprint density at radius 1 is 1.43 bits per heavy atom. The third-order valence-electron chi connectivity index (χ3n) is 3.79. The van der Waals surface area contributed by atoms with Crippen molar-refractivity contribution in [1.29, 1.82) is 0 Å². The van der Waals surface area contributed by atoms with Crippen LogP contribution >= 0.6 is 27.3 Å². The van der Waals surface area contributed by atoms with E-state index in [0.717, 1.165) is 33.9 Å². The van der Waals surface area contributed by atoms with Gasteiger partial charge in [-0.25, -0.2) is 9.78 Å². The van der Waals surface area contributed by atoms with Crippen molar-refractivity contribution in [2.24, 2.45) is 0 Å². The minimum absolute atomic E-state index is 0.134. The van der Waals surface area contributed by atoms with Crippen LogP contribution in [0.2, 0.25) is 0 Å². The Balaban J connectivity index is 1.56. The van der Waals surface area contributed by atoms with Crippen LogP contribution in [0.5, 0.6) is 0 Å². The first-order chi connectivity index (χ1) is 11.1. The van der Waals surface area contributed by atoms with Gasteiger partial charge in [0.05, 0.1) is 18.4 Å². The number of nitrogens with one attached hydrogen (secondary N) is 1. The zero-order valence-electron chi connectivity index (χ0n) is 13.0. The highest BCUT2D eigenvalue weighted by Gasteiger charge is 2.14. The van der Waals surface area contributed by atoms with Crippen LogP contribution in [0.1, 0.15) is 17.7 Å². The number of rotatable bonds is 4. The third-order valence-corrected chi connectivity index (χ3v) is 5.47. The van der Waals surface area contributed by atoms with Crippen LogP contribution in [-0.2, 0) is 6.54 Å². The zero-order chi connectivity index (χ0) is 16.2. The molecule has 7 heteroatoms. The van der Waals surface area contributed by atoms with E-state index in [1.165, 1.54) is 12.8 Å². The lowest BCUT2D eigenvalue weighted by Crippen LogP contribution is -2.30. The number of halogens is 1. The molecule has 122 valence electrons. The van der Waals surface area contributed by atoms with Crippen LogP contribution in [0.25, 0.3) is 0 Å². The van der Waals surface area contributed by atoms with Crippen molar-refractivity contribution >= 4 is 44.8 Å². The molecule has 5 nitrogen and oxygen atoms in total. The first-order valence-electron chi connectivity index (χ1n) is 7.58. The number of aromatic nitrogens is 1. The number of anilines is 2. The molecule has 0 atom stereocenters. The quantitative estimate of drug-likeness (QED) is 0.846.